The highest BCUT2D eigenvalue weighted by atomic mass is 127. The molecule has 0 aliphatic heterocycles. The second kappa shape index (κ2) is 6.58. The van der Waals surface area contributed by atoms with E-state index < -0.39 is 0 Å². The Morgan fingerprint density at radius 3 is 2.70 bits per heavy atom. The van der Waals surface area contributed by atoms with Crippen molar-refractivity contribution in [2.45, 2.75) is 19.8 Å². The highest BCUT2D eigenvalue weighted by Gasteiger charge is 2.13. The fourth-order valence-electron chi connectivity index (χ4n) is 1.82. The number of aryl methyl sites for hydroxylation is 1. The average Bonchev–Trinajstić information content (AvgIpc) is 2.43. The van der Waals surface area contributed by atoms with Gasteiger partial charge >= 0.3 is 0 Å². The minimum atomic E-state index is 0.0558. The molecule has 0 unspecified atom stereocenters. The van der Waals surface area contributed by atoms with Crippen molar-refractivity contribution in [1.82, 2.24) is 9.97 Å². The van der Waals surface area contributed by atoms with Crippen LogP contribution in [0.5, 0.6) is 11.5 Å². The molecular weight excluding hydrogens is 391 g/mol. The number of halogens is 2. The van der Waals surface area contributed by atoms with Gasteiger partial charge in [-0.1, -0.05) is 24.9 Å². The van der Waals surface area contributed by atoms with E-state index in [2.05, 4.69) is 39.5 Å². The molecule has 1 aromatic heterocycles. The Kier molecular flexibility index (Phi) is 5.04. The maximum Gasteiger partial charge on any atom is 0.161 e. The number of phenols is 1. The monoisotopic (exact) mass is 404 g/mol. The highest BCUT2D eigenvalue weighted by molar-refractivity contribution is 14.1. The summed E-state index contributed by atoms with van der Waals surface area (Å²) in [7, 11) is 1.51. The minimum Gasteiger partial charge on any atom is -0.504 e. The van der Waals surface area contributed by atoms with Crippen molar-refractivity contribution in [2.75, 3.05) is 7.11 Å². The first-order valence-electron chi connectivity index (χ1n) is 6.16. The highest BCUT2D eigenvalue weighted by Crippen LogP contribution is 2.31. The van der Waals surface area contributed by atoms with Crippen LogP contribution in [-0.4, -0.2) is 22.2 Å². The Balaban J connectivity index is 2.49. The number of nitrogens with zero attached hydrogens (tertiary/aromatic N) is 2. The molecule has 6 heteroatoms. The van der Waals surface area contributed by atoms with Crippen LogP contribution in [0, 0.1) is 3.57 Å². The third-order valence-electron chi connectivity index (χ3n) is 2.80. The smallest absolute Gasteiger partial charge is 0.161 e. The molecular formula is C14H14ClIN2O2. The summed E-state index contributed by atoms with van der Waals surface area (Å²) >= 11 is 8.31. The molecule has 0 amide bonds. The molecule has 0 saturated heterocycles. The maximum atomic E-state index is 9.83. The van der Waals surface area contributed by atoms with Crippen molar-refractivity contribution >= 4 is 34.2 Å². The number of rotatable bonds is 4. The van der Waals surface area contributed by atoms with Crippen LogP contribution in [-0.2, 0) is 6.42 Å². The van der Waals surface area contributed by atoms with Crippen molar-refractivity contribution in [2.24, 2.45) is 0 Å². The first-order valence-corrected chi connectivity index (χ1v) is 7.61. The van der Waals surface area contributed by atoms with Crippen molar-refractivity contribution in [1.29, 1.82) is 0 Å². The molecule has 0 atom stereocenters. The number of hydrogen-bond donors (Lipinski definition) is 1. The van der Waals surface area contributed by atoms with E-state index in [1.54, 1.807) is 18.2 Å². The predicted molar refractivity (Wildman–Crippen MR) is 87.4 cm³/mol. The Morgan fingerprint density at radius 2 is 2.10 bits per heavy atom. The zero-order valence-corrected chi connectivity index (χ0v) is 14.1. The predicted octanol–water partition coefficient (Wildman–Crippen LogP) is 4.07. The van der Waals surface area contributed by atoms with Crippen LogP contribution in [0.15, 0.2) is 18.2 Å². The zero-order chi connectivity index (χ0) is 14.7. The van der Waals surface area contributed by atoms with Gasteiger partial charge in [-0.3, -0.25) is 0 Å². The molecule has 0 bridgehead atoms. The van der Waals surface area contributed by atoms with Crippen LogP contribution in [0.3, 0.4) is 0 Å². The van der Waals surface area contributed by atoms with Gasteiger partial charge in [0.15, 0.2) is 17.3 Å². The van der Waals surface area contributed by atoms with Gasteiger partial charge in [-0.15, -0.1) is 0 Å². The molecule has 1 N–H and O–H groups in total. The van der Waals surface area contributed by atoms with Gasteiger partial charge in [-0.2, -0.15) is 0 Å². The molecule has 0 spiro atoms. The van der Waals surface area contributed by atoms with E-state index in [4.69, 9.17) is 16.3 Å². The molecule has 106 valence electrons. The Hall–Kier alpha value is -1.08. The molecule has 0 radical (unpaired) electrons. The first-order chi connectivity index (χ1) is 9.56. The summed E-state index contributed by atoms with van der Waals surface area (Å²) in [5, 5.41) is 10.3. The summed E-state index contributed by atoms with van der Waals surface area (Å²) in [5.41, 5.74) is 1.64. The van der Waals surface area contributed by atoms with Gasteiger partial charge in [0, 0.05) is 5.56 Å². The number of aromatic hydroxyl groups is 1. The lowest BCUT2D eigenvalue weighted by atomic mass is 10.1. The molecule has 1 heterocycles. The van der Waals surface area contributed by atoms with Crippen molar-refractivity contribution in [3.63, 3.8) is 0 Å². The van der Waals surface area contributed by atoms with Gasteiger partial charge in [0.25, 0.3) is 0 Å². The summed E-state index contributed by atoms with van der Waals surface area (Å²) in [6.07, 6.45) is 1.83. The fourth-order valence-corrected chi connectivity index (χ4v) is 2.52. The van der Waals surface area contributed by atoms with Gasteiger partial charge in [0.1, 0.15) is 5.15 Å². The largest absolute Gasteiger partial charge is 0.504 e. The van der Waals surface area contributed by atoms with Gasteiger partial charge < -0.3 is 9.84 Å². The van der Waals surface area contributed by atoms with Crippen LogP contribution < -0.4 is 4.74 Å². The van der Waals surface area contributed by atoms with Crippen molar-refractivity contribution in [3.05, 3.63) is 32.6 Å². The molecule has 1 aromatic carbocycles. The fraction of sp³-hybridized carbons (Fsp3) is 0.286. The van der Waals surface area contributed by atoms with E-state index in [1.165, 1.54) is 7.11 Å². The van der Waals surface area contributed by atoms with Crippen LogP contribution >= 0.6 is 34.2 Å². The lowest BCUT2D eigenvalue weighted by Gasteiger charge is -2.09. The summed E-state index contributed by atoms with van der Waals surface area (Å²) in [6, 6.07) is 5.05. The molecule has 0 saturated carbocycles. The van der Waals surface area contributed by atoms with E-state index in [1.807, 2.05) is 0 Å². The molecule has 2 aromatic rings. The van der Waals surface area contributed by atoms with E-state index in [9.17, 15) is 5.11 Å². The molecule has 4 nitrogen and oxygen atoms in total. The summed E-state index contributed by atoms with van der Waals surface area (Å²) in [4.78, 5) is 8.81. The van der Waals surface area contributed by atoms with Gasteiger partial charge in [-0.25, -0.2) is 9.97 Å². The molecule has 0 fully saturated rings. The van der Waals surface area contributed by atoms with E-state index in [0.29, 0.717) is 22.3 Å². The lowest BCUT2D eigenvalue weighted by molar-refractivity contribution is 0.373. The van der Waals surface area contributed by atoms with Crippen LogP contribution in [0.1, 0.15) is 19.0 Å². The minimum absolute atomic E-state index is 0.0558. The number of phenolic OH excluding ortho intramolecular Hbond substituents is 1. The Morgan fingerprint density at radius 1 is 1.35 bits per heavy atom. The van der Waals surface area contributed by atoms with Gasteiger partial charge in [0.2, 0.25) is 0 Å². The van der Waals surface area contributed by atoms with Crippen molar-refractivity contribution < 1.29 is 9.84 Å². The van der Waals surface area contributed by atoms with Crippen LogP contribution in [0.4, 0.5) is 0 Å². The van der Waals surface area contributed by atoms with Crippen LogP contribution in [0.2, 0.25) is 5.15 Å². The van der Waals surface area contributed by atoms with Crippen LogP contribution in [0.25, 0.3) is 11.4 Å². The number of ether oxygens (including phenoxy) is 1. The van der Waals surface area contributed by atoms with E-state index in [0.717, 1.165) is 22.1 Å². The average molecular weight is 405 g/mol. The molecule has 2 rings (SSSR count). The lowest BCUT2D eigenvalue weighted by Crippen LogP contribution is -2.00. The number of methoxy groups -OCH3 is 1. The third kappa shape index (κ3) is 3.15. The quantitative estimate of drug-likeness (QED) is 0.616. The second-order valence-electron chi connectivity index (χ2n) is 4.24. The summed E-state index contributed by atoms with van der Waals surface area (Å²) in [5.74, 6) is 0.983. The normalized spacial score (nSPS) is 10.6. The number of benzene rings is 1. The molecule has 0 aliphatic rings. The molecule has 20 heavy (non-hydrogen) atoms. The van der Waals surface area contributed by atoms with Gasteiger partial charge in [0.05, 0.1) is 16.4 Å². The number of hydrogen-bond acceptors (Lipinski definition) is 4. The van der Waals surface area contributed by atoms with Crippen molar-refractivity contribution in [3.8, 4) is 22.9 Å². The third-order valence-corrected chi connectivity index (χ3v) is 4.53. The maximum absolute atomic E-state index is 9.83. The summed E-state index contributed by atoms with van der Waals surface area (Å²) in [6.45, 7) is 2.09. The van der Waals surface area contributed by atoms with E-state index >= 15 is 0 Å². The topological polar surface area (TPSA) is 55.2 Å². The zero-order valence-electron chi connectivity index (χ0n) is 11.2. The molecule has 0 aliphatic carbocycles. The number of aromatic nitrogens is 2. The Bertz CT molecular complexity index is 635. The standard InChI is InChI=1S/C14H14ClIN2O2/c1-3-4-9-12(16)13(15)18-14(17-9)8-5-6-11(20-2)10(19)7-8/h5-7,19H,3-4H2,1-2H3. The second-order valence-corrected chi connectivity index (χ2v) is 5.67. The van der Waals surface area contributed by atoms with Gasteiger partial charge in [-0.05, 0) is 47.2 Å². The van der Waals surface area contributed by atoms with E-state index in [-0.39, 0.29) is 5.75 Å². The Labute approximate surface area is 136 Å². The SMILES string of the molecule is CCCc1nc(-c2ccc(OC)c(O)c2)nc(Cl)c1I. The first kappa shape index (κ1) is 15.3. The summed E-state index contributed by atoms with van der Waals surface area (Å²) < 4.78 is 5.90.